The first-order valence-corrected chi connectivity index (χ1v) is 10.3. The van der Waals surface area contributed by atoms with Crippen molar-refractivity contribution in [2.45, 2.75) is 88.9 Å². The predicted octanol–water partition coefficient (Wildman–Crippen LogP) is 5.12. The van der Waals surface area contributed by atoms with Crippen molar-refractivity contribution in [3.63, 3.8) is 0 Å². The maximum absolute atomic E-state index is 4.92. The van der Waals surface area contributed by atoms with Crippen molar-refractivity contribution >= 4 is 0 Å². The zero-order valence-electron chi connectivity index (χ0n) is 15.4. The Labute approximate surface area is 145 Å². The number of hydrogen-bond donors (Lipinski definition) is 0. The van der Waals surface area contributed by atoms with E-state index in [-0.39, 0.29) is 5.41 Å². The van der Waals surface area contributed by atoms with Gasteiger partial charge >= 0.3 is 0 Å². The molecular formula is C22H30N2. The monoisotopic (exact) mass is 322 g/mol. The molecule has 6 aliphatic rings. The van der Waals surface area contributed by atoms with E-state index < -0.39 is 0 Å². The van der Waals surface area contributed by atoms with Crippen LogP contribution in [-0.2, 0) is 10.8 Å². The molecule has 6 bridgehead atoms. The van der Waals surface area contributed by atoms with E-state index in [1.54, 1.807) is 5.56 Å². The lowest BCUT2D eigenvalue weighted by atomic mass is 9.48. The van der Waals surface area contributed by atoms with Crippen LogP contribution in [0.25, 0.3) is 0 Å². The molecule has 0 saturated heterocycles. The molecule has 0 radical (unpaired) electrons. The van der Waals surface area contributed by atoms with Gasteiger partial charge in [0.05, 0.1) is 11.4 Å². The third kappa shape index (κ3) is 1.47. The molecule has 7 rings (SSSR count). The molecule has 1 aromatic heterocycles. The minimum Gasteiger partial charge on any atom is -0.155 e. The Morgan fingerprint density at radius 2 is 1.54 bits per heavy atom. The van der Waals surface area contributed by atoms with E-state index >= 15 is 0 Å². The van der Waals surface area contributed by atoms with Gasteiger partial charge in [-0.25, -0.2) is 0 Å². The van der Waals surface area contributed by atoms with Gasteiger partial charge in [-0.15, -0.1) is 0 Å². The first kappa shape index (κ1) is 14.3. The summed E-state index contributed by atoms with van der Waals surface area (Å²) in [6.45, 7) is 7.38. The maximum atomic E-state index is 4.92. The topological polar surface area (TPSA) is 25.8 Å². The van der Waals surface area contributed by atoms with Gasteiger partial charge in [0.2, 0.25) is 0 Å². The van der Waals surface area contributed by atoms with Crippen LogP contribution in [0.2, 0.25) is 0 Å². The summed E-state index contributed by atoms with van der Waals surface area (Å²) in [7, 11) is 0. The van der Waals surface area contributed by atoms with E-state index in [0.29, 0.717) is 16.7 Å². The molecule has 5 fully saturated rings. The Morgan fingerprint density at radius 3 is 2.17 bits per heavy atom. The molecule has 0 spiro atoms. The molecule has 24 heavy (non-hydrogen) atoms. The van der Waals surface area contributed by atoms with E-state index in [9.17, 15) is 0 Å². The molecule has 1 heterocycles. The van der Waals surface area contributed by atoms with E-state index in [2.05, 4.69) is 26.8 Å². The van der Waals surface area contributed by atoms with Gasteiger partial charge < -0.3 is 0 Å². The third-order valence-electron chi connectivity index (χ3n) is 9.53. The van der Waals surface area contributed by atoms with Crippen LogP contribution < -0.4 is 0 Å². The first-order chi connectivity index (χ1) is 11.4. The zero-order chi connectivity index (χ0) is 16.3. The standard InChI is InChI=1S/C22H30N2/c1-20(2)17-4-5-21(20,3)19-16(17)9-18(23-24-19)22-10-13-6-14(11-22)8-15(7-13)12-22/h9,13-15,17H,4-8,10-12H2,1-3H3. The molecule has 5 saturated carbocycles. The molecule has 1 aromatic rings. The number of rotatable bonds is 1. The van der Waals surface area contributed by atoms with E-state index in [0.717, 1.165) is 17.8 Å². The highest BCUT2D eigenvalue weighted by atomic mass is 15.1. The van der Waals surface area contributed by atoms with Crippen LogP contribution in [0.15, 0.2) is 6.07 Å². The largest absolute Gasteiger partial charge is 0.155 e. The SMILES string of the molecule is CC12CCC(c3cc(C45CC6CC(CC(C6)C4)C5)nnc31)C2(C)C. The fraction of sp³-hybridized carbons (Fsp3) is 0.818. The van der Waals surface area contributed by atoms with Crippen molar-refractivity contribution in [2.75, 3.05) is 0 Å². The highest BCUT2D eigenvalue weighted by Crippen LogP contribution is 2.68. The van der Waals surface area contributed by atoms with Crippen LogP contribution in [0.3, 0.4) is 0 Å². The fourth-order valence-electron chi connectivity index (χ4n) is 8.25. The molecule has 2 heteroatoms. The van der Waals surface area contributed by atoms with Crippen LogP contribution in [-0.4, -0.2) is 10.2 Å². The average molecular weight is 322 g/mol. The second-order valence-corrected chi connectivity index (χ2v) is 10.9. The van der Waals surface area contributed by atoms with Gasteiger partial charge in [0.25, 0.3) is 0 Å². The quantitative estimate of drug-likeness (QED) is 0.717. The normalized spacial score (nSPS) is 49.6. The highest BCUT2D eigenvalue weighted by molar-refractivity contribution is 5.46. The van der Waals surface area contributed by atoms with E-state index in [4.69, 9.17) is 10.2 Å². The second kappa shape index (κ2) is 4.07. The average Bonchev–Trinajstić information content (AvgIpc) is 2.85. The summed E-state index contributed by atoms with van der Waals surface area (Å²) >= 11 is 0. The van der Waals surface area contributed by atoms with Crippen molar-refractivity contribution < 1.29 is 0 Å². The Balaban J connectivity index is 1.47. The number of fused-ring (bicyclic) bond motifs is 5. The van der Waals surface area contributed by atoms with E-state index in [1.807, 2.05) is 0 Å². The minimum absolute atomic E-state index is 0.250. The summed E-state index contributed by atoms with van der Waals surface area (Å²) in [6, 6.07) is 2.55. The minimum atomic E-state index is 0.250. The van der Waals surface area contributed by atoms with Crippen LogP contribution >= 0.6 is 0 Å². The predicted molar refractivity (Wildman–Crippen MR) is 95.0 cm³/mol. The Kier molecular flexibility index (Phi) is 2.42. The van der Waals surface area contributed by atoms with Crippen molar-refractivity contribution in [3.8, 4) is 0 Å². The molecule has 0 amide bonds. The molecule has 2 unspecified atom stereocenters. The lowest BCUT2D eigenvalue weighted by Gasteiger charge is -2.56. The summed E-state index contributed by atoms with van der Waals surface area (Å²) < 4.78 is 0. The van der Waals surface area contributed by atoms with Crippen LogP contribution in [0.1, 0.15) is 95.0 Å². The molecule has 6 aliphatic carbocycles. The summed E-state index contributed by atoms with van der Waals surface area (Å²) in [6.07, 6.45) is 11.4. The second-order valence-electron chi connectivity index (χ2n) is 10.9. The molecular weight excluding hydrogens is 292 g/mol. The summed E-state index contributed by atoms with van der Waals surface area (Å²) in [5.74, 6) is 3.66. The highest BCUT2D eigenvalue weighted by Gasteiger charge is 2.61. The first-order valence-electron chi connectivity index (χ1n) is 10.3. The van der Waals surface area contributed by atoms with Gasteiger partial charge in [-0.1, -0.05) is 20.8 Å². The van der Waals surface area contributed by atoms with Gasteiger partial charge in [-0.05, 0) is 92.1 Å². The summed E-state index contributed by atoms with van der Waals surface area (Å²) in [5.41, 5.74) is 5.30. The molecule has 0 aliphatic heterocycles. The molecule has 128 valence electrons. The third-order valence-corrected chi connectivity index (χ3v) is 9.53. The molecule has 0 aromatic carbocycles. The van der Waals surface area contributed by atoms with Gasteiger partial charge in [0.15, 0.2) is 0 Å². The van der Waals surface area contributed by atoms with Crippen LogP contribution in [0.4, 0.5) is 0 Å². The molecule has 0 N–H and O–H groups in total. The Hall–Kier alpha value is -0.920. The smallest absolute Gasteiger partial charge is 0.0730 e. The zero-order valence-corrected chi connectivity index (χ0v) is 15.4. The number of hydrogen-bond acceptors (Lipinski definition) is 2. The van der Waals surface area contributed by atoms with Crippen molar-refractivity contribution in [3.05, 3.63) is 23.0 Å². The van der Waals surface area contributed by atoms with Crippen molar-refractivity contribution in [1.82, 2.24) is 10.2 Å². The fourth-order valence-corrected chi connectivity index (χ4v) is 8.25. The number of aromatic nitrogens is 2. The number of nitrogens with zero attached hydrogens (tertiary/aromatic N) is 2. The summed E-state index contributed by atoms with van der Waals surface area (Å²) in [5, 5.41) is 9.84. The van der Waals surface area contributed by atoms with Crippen molar-refractivity contribution in [2.24, 2.45) is 23.2 Å². The lowest BCUT2D eigenvalue weighted by molar-refractivity contribution is -0.00769. The Bertz CT molecular complexity index is 698. The maximum Gasteiger partial charge on any atom is 0.0730 e. The summed E-state index contributed by atoms with van der Waals surface area (Å²) in [4.78, 5) is 0. The van der Waals surface area contributed by atoms with Crippen LogP contribution in [0.5, 0.6) is 0 Å². The van der Waals surface area contributed by atoms with Gasteiger partial charge in [-0.3, -0.25) is 0 Å². The lowest BCUT2D eigenvalue weighted by Crippen LogP contribution is -2.49. The molecule has 2 atom stereocenters. The van der Waals surface area contributed by atoms with Gasteiger partial charge in [0.1, 0.15) is 0 Å². The Morgan fingerprint density at radius 1 is 0.917 bits per heavy atom. The van der Waals surface area contributed by atoms with Gasteiger partial charge in [-0.2, -0.15) is 10.2 Å². The van der Waals surface area contributed by atoms with E-state index in [1.165, 1.54) is 62.8 Å². The van der Waals surface area contributed by atoms with Crippen molar-refractivity contribution in [1.29, 1.82) is 0 Å². The molecule has 2 nitrogen and oxygen atoms in total. The van der Waals surface area contributed by atoms with Crippen LogP contribution in [0, 0.1) is 23.2 Å². The van der Waals surface area contributed by atoms with Gasteiger partial charge in [0, 0.05) is 10.8 Å².